The summed E-state index contributed by atoms with van der Waals surface area (Å²) in [4.78, 5) is 22.1. The van der Waals surface area contributed by atoms with Gasteiger partial charge in [0.05, 0.1) is 22.5 Å². The number of ether oxygens (including phenoxy) is 1. The van der Waals surface area contributed by atoms with Crippen molar-refractivity contribution in [2.24, 2.45) is 0 Å². The Morgan fingerprint density at radius 2 is 2.00 bits per heavy atom. The highest BCUT2D eigenvalue weighted by molar-refractivity contribution is 7.22. The molecule has 8 heteroatoms. The Hall–Kier alpha value is -2.45. The van der Waals surface area contributed by atoms with E-state index in [1.54, 1.807) is 9.58 Å². The van der Waals surface area contributed by atoms with Crippen molar-refractivity contribution in [1.29, 1.82) is 0 Å². The van der Waals surface area contributed by atoms with Gasteiger partial charge in [-0.1, -0.05) is 11.3 Å². The van der Waals surface area contributed by atoms with Gasteiger partial charge in [0.25, 0.3) is 5.91 Å². The summed E-state index contributed by atoms with van der Waals surface area (Å²) >= 11 is 1.51. The first-order valence-corrected chi connectivity index (χ1v) is 10.7. The Bertz CT molecular complexity index is 992. The molecule has 7 nitrogen and oxygen atoms in total. The monoisotopic (exact) mass is 415 g/mol. The zero-order chi connectivity index (χ0) is 21.1. The Labute approximate surface area is 175 Å². The minimum Gasteiger partial charge on any atom is -0.494 e. The molecule has 0 atom stereocenters. The average molecular weight is 416 g/mol. The number of aromatic nitrogens is 3. The zero-order valence-electron chi connectivity index (χ0n) is 18.0. The number of thiazole rings is 1. The number of fused-ring (bicyclic) bond motifs is 1. The van der Waals surface area contributed by atoms with Crippen molar-refractivity contribution < 1.29 is 9.53 Å². The molecule has 0 aliphatic carbocycles. The van der Waals surface area contributed by atoms with Crippen LogP contribution in [-0.2, 0) is 0 Å². The summed E-state index contributed by atoms with van der Waals surface area (Å²) in [6, 6.07) is 7.79. The molecule has 0 radical (unpaired) electrons. The van der Waals surface area contributed by atoms with Gasteiger partial charge in [-0.2, -0.15) is 5.10 Å². The van der Waals surface area contributed by atoms with Crippen LogP contribution in [0.25, 0.3) is 10.2 Å². The summed E-state index contributed by atoms with van der Waals surface area (Å²) < 4.78 is 8.40. The van der Waals surface area contributed by atoms with E-state index in [9.17, 15) is 4.79 Å². The molecule has 0 saturated heterocycles. The van der Waals surface area contributed by atoms with E-state index in [-0.39, 0.29) is 11.9 Å². The summed E-state index contributed by atoms with van der Waals surface area (Å²) in [6.07, 6.45) is 0. The molecule has 3 aromatic rings. The molecule has 0 bridgehead atoms. The van der Waals surface area contributed by atoms with Gasteiger partial charge in [-0.05, 0) is 66.1 Å². The fourth-order valence-corrected chi connectivity index (χ4v) is 4.08. The molecule has 0 fully saturated rings. The zero-order valence-corrected chi connectivity index (χ0v) is 18.8. The van der Waals surface area contributed by atoms with Gasteiger partial charge < -0.3 is 9.64 Å². The van der Waals surface area contributed by atoms with Crippen LogP contribution < -0.4 is 9.64 Å². The number of aryl methyl sites for hydroxylation is 1. The highest BCUT2D eigenvalue weighted by Gasteiger charge is 2.25. The molecule has 1 aromatic carbocycles. The largest absolute Gasteiger partial charge is 0.494 e. The highest BCUT2D eigenvalue weighted by atomic mass is 32.1. The SMILES string of the molecule is CCOc1ccc2nc(N(CCN(C)C)C(=O)c3cc(C)nn3C(C)C)sc2c1. The van der Waals surface area contributed by atoms with E-state index < -0.39 is 0 Å². The topological polar surface area (TPSA) is 63.5 Å². The lowest BCUT2D eigenvalue weighted by Gasteiger charge is -2.22. The maximum absolute atomic E-state index is 13.5. The first-order chi connectivity index (χ1) is 13.8. The van der Waals surface area contributed by atoms with Crippen LogP contribution in [0.3, 0.4) is 0 Å². The van der Waals surface area contributed by atoms with Gasteiger partial charge in [0.2, 0.25) is 0 Å². The van der Waals surface area contributed by atoms with Gasteiger partial charge in [0.15, 0.2) is 5.13 Å². The molecule has 29 heavy (non-hydrogen) atoms. The maximum atomic E-state index is 13.5. The predicted octanol–water partition coefficient (Wildman–Crippen LogP) is 3.99. The normalized spacial score (nSPS) is 11.6. The van der Waals surface area contributed by atoms with Gasteiger partial charge >= 0.3 is 0 Å². The van der Waals surface area contributed by atoms with E-state index in [0.29, 0.717) is 24.0 Å². The van der Waals surface area contributed by atoms with Crippen molar-refractivity contribution in [2.75, 3.05) is 38.7 Å². The molecular formula is C21H29N5O2S. The lowest BCUT2D eigenvalue weighted by atomic mass is 10.3. The smallest absolute Gasteiger partial charge is 0.278 e. The van der Waals surface area contributed by atoms with Crippen molar-refractivity contribution in [2.45, 2.75) is 33.7 Å². The molecule has 2 aromatic heterocycles. The van der Waals surface area contributed by atoms with Crippen LogP contribution in [-0.4, -0.2) is 59.4 Å². The second-order valence-corrected chi connectivity index (χ2v) is 8.54. The summed E-state index contributed by atoms with van der Waals surface area (Å²) in [6.45, 7) is 9.83. The first kappa shape index (κ1) is 21.3. The second kappa shape index (κ2) is 8.92. The van der Waals surface area contributed by atoms with E-state index in [0.717, 1.165) is 28.2 Å². The van der Waals surface area contributed by atoms with Gasteiger partial charge in [-0.3, -0.25) is 14.4 Å². The molecular weight excluding hydrogens is 386 g/mol. The molecule has 2 heterocycles. The third kappa shape index (κ3) is 4.76. The van der Waals surface area contributed by atoms with E-state index >= 15 is 0 Å². The number of amides is 1. The molecule has 0 aliphatic rings. The van der Waals surface area contributed by atoms with Gasteiger partial charge in [-0.25, -0.2) is 4.98 Å². The van der Waals surface area contributed by atoms with Gasteiger partial charge in [-0.15, -0.1) is 0 Å². The van der Waals surface area contributed by atoms with Gasteiger partial charge in [0, 0.05) is 19.1 Å². The number of hydrogen-bond acceptors (Lipinski definition) is 6. The molecule has 0 unspecified atom stereocenters. The third-order valence-corrected chi connectivity index (χ3v) is 5.51. The molecule has 156 valence electrons. The fourth-order valence-electron chi connectivity index (χ4n) is 3.06. The van der Waals surface area contributed by atoms with Crippen molar-refractivity contribution >= 4 is 32.6 Å². The van der Waals surface area contributed by atoms with Crippen LogP contribution >= 0.6 is 11.3 Å². The lowest BCUT2D eigenvalue weighted by Crippen LogP contribution is -2.38. The number of likely N-dealkylation sites (N-methyl/N-ethyl adjacent to an activating group) is 1. The quantitative estimate of drug-likeness (QED) is 0.557. The van der Waals surface area contributed by atoms with Crippen LogP contribution in [0.15, 0.2) is 24.3 Å². The summed E-state index contributed by atoms with van der Waals surface area (Å²) in [7, 11) is 4.00. The predicted molar refractivity (Wildman–Crippen MR) is 118 cm³/mol. The number of benzene rings is 1. The van der Waals surface area contributed by atoms with E-state index in [2.05, 4.69) is 10.00 Å². The van der Waals surface area contributed by atoms with E-state index in [1.165, 1.54) is 11.3 Å². The van der Waals surface area contributed by atoms with Crippen LogP contribution in [0, 0.1) is 6.92 Å². The second-order valence-electron chi connectivity index (χ2n) is 7.53. The van der Waals surface area contributed by atoms with Crippen molar-refractivity contribution in [3.63, 3.8) is 0 Å². The molecule has 0 aliphatic heterocycles. The van der Waals surface area contributed by atoms with Crippen LogP contribution in [0.4, 0.5) is 5.13 Å². The van der Waals surface area contributed by atoms with Crippen molar-refractivity contribution in [3.05, 3.63) is 35.7 Å². The highest BCUT2D eigenvalue weighted by Crippen LogP contribution is 2.32. The molecule has 0 spiro atoms. The Morgan fingerprint density at radius 3 is 2.66 bits per heavy atom. The van der Waals surface area contributed by atoms with Crippen LogP contribution in [0.5, 0.6) is 5.75 Å². The Morgan fingerprint density at radius 1 is 1.24 bits per heavy atom. The van der Waals surface area contributed by atoms with Crippen molar-refractivity contribution in [3.8, 4) is 5.75 Å². The maximum Gasteiger partial charge on any atom is 0.278 e. The standard InChI is InChI=1S/C21H29N5O2S/c1-7-28-16-8-9-17-19(13-16)29-21(22-17)25(11-10-24(5)6)20(27)18-12-15(4)23-26(18)14(2)3/h8-9,12-14H,7,10-11H2,1-6H3. The van der Waals surface area contributed by atoms with Gasteiger partial charge in [0.1, 0.15) is 11.4 Å². The first-order valence-electron chi connectivity index (χ1n) is 9.86. The fraction of sp³-hybridized carbons (Fsp3) is 0.476. The lowest BCUT2D eigenvalue weighted by molar-refractivity contribution is 0.0973. The number of anilines is 1. The summed E-state index contributed by atoms with van der Waals surface area (Å²) in [5, 5.41) is 5.19. The summed E-state index contributed by atoms with van der Waals surface area (Å²) in [5.41, 5.74) is 2.29. The van der Waals surface area contributed by atoms with Crippen LogP contribution in [0.1, 0.15) is 43.0 Å². The molecule has 1 amide bonds. The molecule has 3 rings (SSSR count). The number of carbonyl (C=O) groups excluding carboxylic acids is 1. The Kier molecular flexibility index (Phi) is 6.54. The molecule has 0 saturated carbocycles. The number of hydrogen-bond donors (Lipinski definition) is 0. The molecule has 0 N–H and O–H groups in total. The minimum atomic E-state index is -0.0785. The van der Waals surface area contributed by atoms with E-state index in [1.807, 2.05) is 66.1 Å². The third-order valence-electron chi connectivity index (χ3n) is 4.47. The minimum absolute atomic E-state index is 0.0785. The number of nitrogens with zero attached hydrogens (tertiary/aromatic N) is 5. The van der Waals surface area contributed by atoms with Crippen LogP contribution in [0.2, 0.25) is 0 Å². The number of rotatable bonds is 8. The van der Waals surface area contributed by atoms with E-state index in [4.69, 9.17) is 9.72 Å². The van der Waals surface area contributed by atoms with Crippen molar-refractivity contribution in [1.82, 2.24) is 19.7 Å². The number of carbonyl (C=O) groups is 1. The Balaban J connectivity index is 2.01. The average Bonchev–Trinajstić information content (AvgIpc) is 3.25. The summed E-state index contributed by atoms with van der Waals surface area (Å²) in [5.74, 6) is 0.736.